The molecule has 0 aromatic heterocycles. The van der Waals surface area contributed by atoms with Crippen molar-refractivity contribution < 1.29 is 4.21 Å². The van der Waals surface area contributed by atoms with Gasteiger partial charge in [-0.2, -0.15) is 0 Å². The van der Waals surface area contributed by atoms with Gasteiger partial charge in [0.05, 0.1) is 10.6 Å². The van der Waals surface area contributed by atoms with Crippen LogP contribution in [0.25, 0.3) is 0 Å². The number of nitrogens with zero attached hydrogens (tertiary/aromatic N) is 1. The van der Waals surface area contributed by atoms with E-state index in [1.54, 1.807) is 11.8 Å². The molecule has 0 bridgehead atoms. The van der Waals surface area contributed by atoms with Crippen molar-refractivity contribution in [3.8, 4) is 0 Å². The largest absolute Gasteiger partial charge is 0.339 e. The van der Waals surface area contributed by atoms with E-state index in [9.17, 15) is 4.21 Å². The first-order chi connectivity index (χ1) is 13.6. The van der Waals surface area contributed by atoms with Crippen molar-refractivity contribution in [1.82, 2.24) is 4.72 Å². The molecule has 0 spiro atoms. The van der Waals surface area contributed by atoms with Gasteiger partial charge in [0, 0.05) is 22.7 Å². The minimum atomic E-state index is -1.21. The van der Waals surface area contributed by atoms with E-state index in [1.165, 1.54) is 10.6 Å². The lowest BCUT2D eigenvalue weighted by atomic mass is 9.87. The van der Waals surface area contributed by atoms with Gasteiger partial charge in [-0.05, 0) is 49.4 Å². The number of hydrogen-bond donors (Lipinski definition) is 1. The third kappa shape index (κ3) is 4.81. The molecule has 0 saturated heterocycles. The van der Waals surface area contributed by atoms with Crippen molar-refractivity contribution in [3.63, 3.8) is 0 Å². The molecule has 1 atom stereocenters. The summed E-state index contributed by atoms with van der Waals surface area (Å²) < 4.78 is 17.0. The molecule has 3 nitrogen and oxygen atoms in total. The Morgan fingerprint density at radius 2 is 1.75 bits per heavy atom. The number of hydrogen-bond acceptors (Lipinski definition) is 3. The zero-order chi connectivity index (χ0) is 20.0. The van der Waals surface area contributed by atoms with E-state index in [0.29, 0.717) is 0 Å². The molecule has 1 heterocycles. The normalized spacial score (nSPS) is 18.5. The van der Waals surface area contributed by atoms with Crippen LogP contribution in [-0.4, -0.2) is 22.5 Å². The highest BCUT2D eigenvalue weighted by molar-refractivity contribution is 7.98. The summed E-state index contributed by atoms with van der Waals surface area (Å²) in [5.74, 6) is 0. The first kappa shape index (κ1) is 21.4. The van der Waals surface area contributed by atoms with Gasteiger partial charge in [0.15, 0.2) is 0 Å². The van der Waals surface area contributed by atoms with Crippen LogP contribution in [0.2, 0.25) is 0 Å². The summed E-state index contributed by atoms with van der Waals surface area (Å²) in [6.45, 7) is 5.30. The van der Waals surface area contributed by atoms with Crippen LogP contribution >= 0.6 is 11.8 Å². The Hall–Kier alpha value is -1.30. The summed E-state index contributed by atoms with van der Waals surface area (Å²) in [6.07, 6.45) is 8.76. The monoisotopic (exact) mass is 416 g/mol. The van der Waals surface area contributed by atoms with E-state index in [4.69, 9.17) is 0 Å². The highest BCUT2D eigenvalue weighted by atomic mass is 32.2. The molecule has 0 fully saturated rings. The second-order valence-electron chi connectivity index (χ2n) is 7.61. The van der Waals surface area contributed by atoms with E-state index >= 15 is 0 Å². The number of para-hydroxylation sites is 1. The Morgan fingerprint density at radius 3 is 2.36 bits per heavy atom. The van der Waals surface area contributed by atoms with Crippen molar-refractivity contribution in [1.29, 1.82) is 0 Å². The molecule has 0 aliphatic carbocycles. The number of thioether (sulfide) groups is 1. The topological polar surface area (TPSA) is 32.3 Å². The van der Waals surface area contributed by atoms with Crippen LogP contribution in [0.15, 0.2) is 58.3 Å². The van der Waals surface area contributed by atoms with Crippen LogP contribution in [0.3, 0.4) is 0 Å². The van der Waals surface area contributed by atoms with Crippen LogP contribution in [0.5, 0.6) is 0 Å². The predicted molar refractivity (Wildman–Crippen MR) is 123 cm³/mol. The average molecular weight is 417 g/mol. The number of nitrogens with one attached hydrogen (secondary N) is 1. The molecule has 3 rings (SSSR count). The minimum absolute atomic E-state index is 0.148. The molecule has 1 aliphatic heterocycles. The average Bonchev–Trinajstić information content (AvgIpc) is 2.86. The van der Waals surface area contributed by atoms with Gasteiger partial charge in [0.25, 0.3) is 0 Å². The van der Waals surface area contributed by atoms with Crippen LogP contribution < -0.4 is 9.62 Å². The van der Waals surface area contributed by atoms with Crippen LogP contribution in [-0.2, 0) is 11.0 Å². The Labute approximate surface area is 176 Å². The molecular weight excluding hydrogens is 384 g/mol. The number of rotatable bonds is 8. The van der Waals surface area contributed by atoms with Crippen molar-refractivity contribution in [2.75, 3.05) is 17.7 Å². The van der Waals surface area contributed by atoms with Gasteiger partial charge in [-0.15, -0.1) is 11.8 Å². The van der Waals surface area contributed by atoms with Gasteiger partial charge in [-0.25, -0.2) is 8.93 Å². The van der Waals surface area contributed by atoms with Crippen molar-refractivity contribution in [3.05, 3.63) is 48.5 Å². The molecule has 152 valence electrons. The number of benzene rings is 2. The van der Waals surface area contributed by atoms with E-state index in [1.807, 2.05) is 6.07 Å². The molecule has 28 heavy (non-hydrogen) atoms. The molecule has 2 aromatic carbocycles. The molecule has 0 radical (unpaired) electrons. The second-order valence-corrected chi connectivity index (χ2v) is 9.67. The molecule has 0 amide bonds. The summed E-state index contributed by atoms with van der Waals surface area (Å²) in [5.41, 5.74) is 2.09. The van der Waals surface area contributed by atoms with Crippen molar-refractivity contribution >= 4 is 34.1 Å². The molecule has 0 saturated carbocycles. The van der Waals surface area contributed by atoms with Crippen molar-refractivity contribution in [2.24, 2.45) is 0 Å². The smallest absolute Gasteiger partial charge is 0.127 e. The molecule has 5 heteroatoms. The summed E-state index contributed by atoms with van der Waals surface area (Å²) in [7, 11) is -1.21. The lowest BCUT2D eigenvalue weighted by molar-refractivity contribution is 0.325. The van der Waals surface area contributed by atoms with Gasteiger partial charge < -0.3 is 4.90 Å². The van der Waals surface area contributed by atoms with Gasteiger partial charge in [0.1, 0.15) is 11.0 Å². The van der Waals surface area contributed by atoms with Gasteiger partial charge in [-0.1, -0.05) is 57.7 Å². The quantitative estimate of drug-likeness (QED) is 0.513. The minimum Gasteiger partial charge on any atom is -0.339 e. The summed E-state index contributed by atoms with van der Waals surface area (Å²) in [4.78, 5) is 4.47. The fourth-order valence-corrected chi connectivity index (χ4v) is 5.67. The van der Waals surface area contributed by atoms with Crippen LogP contribution in [0.1, 0.15) is 52.4 Å². The van der Waals surface area contributed by atoms with Crippen molar-refractivity contribution in [2.45, 2.75) is 67.7 Å². The van der Waals surface area contributed by atoms with Crippen LogP contribution in [0.4, 0.5) is 11.4 Å². The lowest BCUT2D eigenvalue weighted by Crippen LogP contribution is -2.51. The predicted octanol–water partition coefficient (Wildman–Crippen LogP) is 6.29. The third-order valence-corrected chi connectivity index (χ3v) is 7.60. The molecule has 2 aromatic rings. The number of fused-ring (bicyclic) bond motifs is 1. The summed E-state index contributed by atoms with van der Waals surface area (Å²) >= 11 is 1.73. The Balaban J connectivity index is 2.11. The third-order valence-electron chi connectivity index (χ3n) is 5.51. The lowest BCUT2D eigenvalue weighted by Gasteiger charge is -2.37. The Bertz CT molecular complexity index is 786. The Kier molecular flexibility index (Phi) is 7.61. The first-order valence-corrected chi connectivity index (χ1v) is 12.7. The van der Waals surface area contributed by atoms with Crippen LogP contribution in [0, 0.1) is 0 Å². The molecular formula is C23H32N2OS2. The Morgan fingerprint density at radius 1 is 1.07 bits per heavy atom. The van der Waals surface area contributed by atoms with Gasteiger partial charge in [0.2, 0.25) is 0 Å². The van der Waals surface area contributed by atoms with E-state index in [0.717, 1.165) is 55.7 Å². The highest BCUT2D eigenvalue weighted by Crippen LogP contribution is 2.39. The number of anilines is 2. The van der Waals surface area contributed by atoms with E-state index in [2.05, 4.69) is 72.2 Å². The maximum Gasteiger partial charge on any atom is 0.127 e. The first-order valence-electron chi connectivity index (χ1n) is 10.3. The maximum atomic E-state index is 13.4. The fraction of sp³-hybridized carbons (Fsp3) is 0.478. The summed E-state index contributed by atoms with van der Waals surface area (Å²) in [5, 5.41) is 0. The zero-order valence-electron chi connectivity index (χ0n) is 17.2. The maximum absolute atomic E-state index is 13.4. The summed E-state index contributed by atoms with van der Waals surface area (Å²) in [6, 6.07) is 16.9. The standard InChI is InChI=1S/C23H32N2OS2/c1-4-6-15-23(16-7-5-2)18-25(19-11-9-8-10-12-19)21-17-20(27-3)13-14-22(21)28(26)24-23/h8-14,17,24H,4-7,15-16,18H2,1-3H3. The molecule has 1 unspecified atom stereocenters. The van der Waals surface area contributed by atoms with Gasteiger partial charge >= 0.3 is 0 Å². The molecule has 1 aliphatic rings. The molecule has 1 N–H and O–H groups in total. The SMILES string of the molecule is CCCCC1(CCCC)CN(c2ccccc2)c2cc(SC)ccc2S(=O)N1. The number of unbranched alkanes of at least 4 members (excludes halogenated alkanes) is 2. The zero-order valence-corrected chi connectivity index (χ0v) is 18.9. The highest BCUT2D eigenvalue weighted by Gasteiger charge is 2.38. The fourth-order valence-electron chi connectivity index (χ4n) is 3.92. The second kappa shape index (κ2) is 9.95. The van der Waals surface area contributed by atoms with E-state index < -0.39 is 11.0 Å². The van der Waals surface area contributed by atoms with E-state index in [-0.39, 0.29) is 5.54 Å². The van der Waals surface area contributed by atoms with Gasteiger partial charge in [-0.3, -0.25) is 0 Å².